The Bertz CT molecular complexity index is 3610. The molecule has 0 atom stereocenters. The van der Waals surface area contributed by atoms with E-state index in [4.69, 9.17) is 4.42 Å². The first kappa shape index (κ1) is 35.4. The van der Waals surface area contributed by atoms with Crippen molar-refractivity contribution in [3.05, 3.63) is 281 Å². The van der Waals surface area contributed by atoms with Crippen molar-refractivity contribution in [2.75, 3.05) is 4.90 Å². The summed E-state index contributed by atoms with van der Waals surface area (Å²) in [6, 6.07) is 87.6. The zero-order valence-electron chi connectivity index (χ0n) is 34.9. The summed E-state index contributed by atoms with van der Waals surface area (Å²) in [7, 11) is 0. The van der Waals surface area contributed by atoms with Crippen molar-refractivity contribution in [1.82, 2.24) is 0 Å². The van der Waals surface area contributed by atoms with Crippen LogP contribution in [0.25, 0.3) is 55.3 Å². The standard InChI is InChI=1S/C62H39NO/c1-3-19-40(20-4-1)61(41-21-5-2-6-22-41)50-29-12-7-25-45(50)46-38-37-42(39-55(46)61)63(57-35-17-28-48-47-26-11-16-36-58(47)64-60(48)57)56-34-18-33-54-59(56)49-27-10-15-32-53(49)62(54)51-30-13-8-23-43(51)44-24-9-14-31-52(44)62/h1-39H. The molecule has 0 saturated carbocycles. The molecule has 0 saturated heterocycles. The maximum Gasteiger partial charge on any atom is 0.159 e. The van der Waals surface area contributed by atoms with Gasteiger partial charge in [0.25, 0.3) is 0 Å². The molecule has 2 nitrogen and oxygen atoms in total. The Kier molecular flexibility index (Phi) is 7.28. The Morgan fingerprint density at radius 1 is 0.312 bits per heavy atom. The second kappa shape index (κ2) is 13.2. The molecular weight excluding hydrogens is 775 g/mol. The second-order valence-corrected chi connectivity index (χ2v) is 17.4. The van der Waals surface area contributed by atoms with Crippen molar-refractivity contribution in [3.63, 3.8) is 0 Å². The van der Waals surface area contributed by atoms with Crippen molar-refractivity contribution in [1.29, 1.82) is 0 Å². The molecule has 14 rings (SSSR count). The van der Waals surface area contributed by atoms with Gasteiger partial charge in [-0.15, -0.1) is 0 Å². The minimum Gasteiger partial charge on any atom is -0.454 e. The summed E-state index contributed by atoms with van der Waals surface area (Å²) in [6.07, 6.45) is 0. The molecule has 11 aromatic rings. The summed E-state index contributed by atoms with van der Waals surface area (Å²) in [5.74, 6) is 0. The minimum atomic E-state index is -0.561. The SMILES string of the molecule is c1ccc(C2(c3ccccc3)c3ccccc3-c3ccc(N(c4cccc5c4-c4ccccc4C54c5ccccc5-c5ccccc54)c4cccc5c4oc4ccccc45)cc32)cc1. The van der Waals surface area contributed by atoms with Crippen LogP contribution >= 0.6 is 0 Å². The number of hydrogen-bond donors (Lipinski definition) is 0. The van der Waals surface area contributed by atoms with E-state index in [2.05, 4.69) is 241 Å². The summed E-state index contributed by atoms with van der Waals surface area (Å²) >= 11 is 0. The Balaban J connectivity index is 1.11. The summed E-state index contributed by atoms with van der Waals surface area (Å²) < 4.78 is 6.96. The van der Waals surface area contributed by atoms with Gasteiger partial charge in [0.05, 0.1) is 22.2 Å². The number of hydrogen-bond acceptors (Lipinski definition) is 2. The van der Waals surface area contributed by atoms with Gasteiger partial charge in [-0.05, 0) is 103 Å². The first-order valence-corrected chi connectivity index (χ1v) is 22.3. The lowest BCUT2D eigenvalue weighted by Gasteiger charge is -2.35. The predicted octanol–water partition coefficient (Wildman–Crippen LogP) is 15.8. The number of nitrogens with zero attached hydrogens (tertiary/aromatic N) is 1. The third-order valence-corrected chi connectivity index (χ3v) is 14.6. The molecule has 1 aromatic heterocycles. The number of fused-ring (bicyclic) bond motifs is 16. The molecule has 0 bridgehead atoms. The largest absolute Gasteiger partial charge is 0.454 e. The molecule has 298 valence electrons. The van der Waals surface area contributed by atoms with E-state index in [1.54, 1.807) is 0 Å². The van der Waals surface area contributed by atoms with Gasteiger partial charge >= 0.3 is 0 Å². The van der Waals surface area contributed by atoms with Gasteiger partial charge in [0.2, 0.25) is 0 Å². The van der Waals surface area contributed by atoms with E-state index in [1.807, 2.05) is 0 Å². The summed E-state index contributed by atoms with van der Waals surface area (Å²) in [4.78, 5) is 2.50. The molecule has 3 aliphatic rings. The highest BCUT2D eigenvalue weighted by Gasteiger charge is 2.53. The van der Waals surface area contributed by atoms with Gasteiger partial charge in [-0.1, -0.05) is 206 Å². The van der Waals surface area contributed by atoms with Crippen molar-refractivity contribution in [2.45, 2.75) is 10.8 Å². The normalized spacial score (nSPS) is 14.2. The molecule has 3 aliphatic carbocycles. The van der Waals surface area contributed by atoms with Crippen LogP contribution in [-0.4, -0.2) is 0 Å². The highest BCUT2D eigenvalue weighted by molar-refractivity contribution is 6.11. The lowest BCUT2D eigenvalue weighted by molar-refractivity contribution is 0.669. The highest BCUT2D eigenvalue weighted by Crippen LogP contribution is 2.65. The third-order valence-electron chi connectivity index (χ3n) is 14.6. The first-order valence-electron chi connectivity index (χ1n) is 22.3. The lowest BCUT2D eigenvalue weighted by atomic mass is 9.67. The predicted molar refractivity (Wildman–Crippen MR) is 262 cm³/mol. The van der Waals surface area contributed by atoms with Gasteiger partial charge in [-0.2, -0.15) is 0 Å². The van der Waals surface area contributed by atoms with E-state index >= 15 is 0 Å². The third kappa shape index (κ3) is 4.44. The van der Waals surface area contributed by atoms with Gasteiger partial charge in [0, 0.05) is 22.0 Å². The van der Waals surface area contributed by atoms with Crippen molar-refractivity contribution >= 4 is 39.0 Å². The van der Waals surface area contributed by atoms with Gasteiger partial charge < -0.3 is 9.32 Å². The van der Waals surface area contributed by atoms with Crippen LogP contribution in [0, 0.1) is 0 Å². The molecule has 1 spiro atoms. The fourth-order valence-corrected chi connectivity index (χ4v) is 12.2. The van der Waals surface area contributed by atoms with Crippen LogP contribution in [0.3, 0.4) is 0 Å². The zero-order valence-corrected chi connectivity index (χ0v) is 34.9. The van der Waals surface area contributed by atoms with Crippen LogP contribution in [0.1, 0.15) is 44.5 Å². The van der Waals surface area contributed by atoms with Crippen molar-refractivity contribution in [3.8, 4) is 33.4 Å². The van der Waals surface area contributed by atoms with Gasteiger partial charge in [-0.25, -0.2) is 0 Å². The average molecular weight is 814 g/mol. The summed E-state index contributed by atoms with van der Waals surface area (Å²) in [5.41, 5.74) is 21.7. The van der Waals surface area contributed by atoms with Crippen molar-refractivity contribution in [2.24, 2.45) is 0 Å². The van der Waals surface area contributed by atoms with Crippen LogP contribution in [0.15, 0.2) is 241 Å². The van der Waals surface area contributed by atoms with Crippen LogP contribution in [-0.2, 0) is 10.8 Å². The molecule has 2 heteroatoms. The van der Waals surface area contributed by atoms with Gasteiger partial charge in [0.15, 0.2) is 5.58 Å². The average Bonchev–Trinajstić information content (AvgIpc) is 4.08. The molecule has 0 radical (unpaired) electrons. The van der Waals surface area contributed by atoms with Crippen LogP contribution in [0.2, 0.25) is 0 Å². The maximum absolute atomic E-state index is 6.96. The number of rotatable bonds is 5. The molecule has 1 heterocycles. The summed E-state index contributed by atoms with van der Waals surface area (Å²) in [5, 5.41) is 2.20. The Morgan fingerprint density at radius 3 is 1.44 bits per heavy atom. The number of benzene rings is 10. The Hall–Kier alpha value is -8.20. The van der Waals surface area contributed by atoms with Gasteiger partial charge in [-0.3, -0.25) is 0 Å². The molecule has 10 aromatic carbocycles. The van der Waals surface area contributed by atoms with Gasteiger partial charge in [0.1, 0.15) is 5.58 Å². The fourth-order valence-electron chi connectivity index (χ4n) is 12.2. The second-order valence-electron chi connectivity index (χ2n) is 17.4. The molecular formula is C62H39NO. The topological polar surface area (TPSA) is 16.4 Å². The van der Waals surface area contributed by atoms with E-state index in [9.17, 15) is 0 Å². The smallest absolute Gasteiger partial charge is 0.159 e. The highest BCUT2D eigenvalue weighted by atomic mass is 16.3. The molecule has 0 aliphatic heterocycles. The quantitative estimate of drug-likeness (QED) is 0.172. The Labute approximate surface area is 372 Å². The number of anilines is 3. The Morgan fingerprint density at radius 2 is 0.781 bits per heavy atom. The lowest BCUT2D eigenvalue weighted by Crippen LogP contribution is -2.28. The molecule has 0 N–H and O–H groups in total. The minimum absolute atomic E-state index is 0.485. The van der Waals surface area contributed by atoms with E-state index in [1.165, 1.54) is 77.9 Å². The maximum atomic E-state index is 6.96. The zero-order chi connectivity index (χ0) is 42.0. The molecule has 0 amide bonds. The number of furan rings is 1. The van der Waals surface area contributed by atoms with Crippen LogP contribution < -0.4 is 4.90 Å². The van der Waals surface area contributed by atoms with E-state index < -0.39 is 10.8 Å². The molecule has 0 unspecified atom stereocenters. The van der Waals surface area contributed by atoms with E-state index in [-0.39, 0.29) is 0 Å². The van der Waals surface area contributed by atoms with Crippen molar-refractivity contribution < 1.29 is 4.42 Å². The van der Waals surface area contributed by atoms with E-state index in [0.29, 0.717) is 0 Å². The molecule has 64 heavy (non-hydrogen) atoms. The summed E-state index contributed by atoms with van der Waals surface area (Å²) in [6.45, 7) is 0. The van der Waals surface area contributed by atoms with Crippen LogP contribution in [0.4, 0.5) is 17.1 Å². The number of para-hydroxylation sites is 2. The molecule has 0 fully saturated rings. The monoisotopic (exact) mass is 813 g/mol. The fraction of sp³-hybridized carbons (Fsp3) is 0.0323. The van der Waals surface area contributed by atoms with E-state index in [0.717, 1.165) is 39.0 Å². The first-order chi connectivity index (χ1) is 31.8. The van der Waals surface area contributed by atoms with Crippen LogP contribution in [0.5, 0.6) is 0 Å².